The Labute approximate surface area is 121 Å². The minimum Gasteiger partial charge on any atom is -0.460 e. The lowest BCUT2D eigenvalue weighted by Gasteiger charge is -2.44. The van der Waals surface area contributed by atoms with Crippen molar-refractivity contribution >= 4 is 11.7 Å². The van der Waals surface area contributed by atoms with Gasteiger partial charge in [-0.1, -0.05) is 12.8 Å². The first-order valence-electron chi connectivity index (χ1n) is 7.79. The molecule has 0 saturated heterocycles. The van der Waals surface area contributed by atoms with E-state index in [9.17, 15) is 4.79 Å². The van der Waals surface area contributed by atoms with E-state index in [1.807, 2.05) is 20.8 Å². The van der Waals surface area contributed by atoms with Crippen LogP contribution in [0.5, 0.6) is 0 Å². The number of rotatable bonds is 1. The summed E-state index contributed by atoms with van der Waals surface area (Å²) in [7, 11) is 0. The van der Waals surface area contributed by atoms with Gasteiger partial charge in [-0.3, -0.25) is 4.79 Å². The summed E-state index contributed by atoms with van der Waals surface area (Å²) in [6.07, 6.45) is 7.90. The van der Waals surface area contributed by atoms with Crippen LogP contribution in [-0.2, 0) is 9.53 Å². The molecule has 0 aromatic rings. The SMILES string of the molecule is CC(C)(C)OC(=O)C1CCCCC12CCCC(=[N+]=[N-])C2. The third-order valence-electron chi connectivity index (χ3n) is 4.69. The maximum Gasteiger partial charge on any atom is 0.310 e. The molecule has 112 valence electrons. The number of nitrogens with zero attached hydrogens (tertiary/aromatic N) is 2. The van der Waals surface area contributed by atoms with Crippen LogP contribution in [0.15, 0.2) is 0 Å². The fourth-order valence-electron chi connectivity index (χ4n) is 3.87. The van der Waals surface area contributed by atoms with Crippen molar-refractivity contribution in [3.05, 3.63) is 5.53 Å². The molecule has 0 aromatic heterocycles. The van der Waals surface area contributed by atoms with Crippen LogP contribution in [-0.4, -0.2) is 22.1 Å². The molecular formula is C16H26N2O2. The van der Waals surface area contributed by atoms with Crippen LogP contribution in [0.1, 0.15) is 72.1 Å². The molecule has 2 aliphatic rings. The molecule has 0 amide bonds. The van der Waals surface area contributed by atoms with Crippen LogP contribution < -0.4 is 0 Å². The predicted molar refractivity (Wildman–Crippen MR) is 77.3 cm³/mol. The first-order valence-corrected chi connectivity index (χ1v) is 7.79. The van der Waals surface area contributed by atoms with E-state index in [0.717, 1.165) is 57.1 Å². The Balaban J connectivity index is 2.20. The quantitative estimate of drug-likeness (QED) is 0.416. The van der Waals surface area contributed by atoms with Crippen LogP contribution in [0.25, 0.3) is 5.53 Å². The van der Waals surface area contributed by atoms with E-state index in [1.54, 1.807) is 0 Å². The monoisotopic (exact) mass is 278 g/mol. The topological polar surface area (TPSA) is 62.7 Å². The molecule has 2 saturated carbocycles. The van der Waals surface area contributed by atoms with Gasteiger partial charge in [0.25, 0.3) is 5.71 Å². The second kappa shape index (κ2) is 5.69. The molecule has 0 aliphatic heterocycles. The Morgan fingerprint density at radius 1 is 1.30 bits per heavy atom. The van der Waals surface area contributed by atoms with Crippen molar-refractivity contribution < 1.29 is 14.3 Å². The highest BCUT2D eigenvalue weighted by atomic mass is 16.6. The third kappa shape index (κ3) is 3.29. The average molecular weight is 278 g/mol. The molecule has 2 atom stereocenters. The molecule has 4 heteroatoms. The Morgan fingerprint density at radius 3 is 2.65 bits per heavy atom. The van der Waals surface area contributed by atoms with Gasteiger partial charge in [-0.15, -0.1) is 0 Å². The number of carbonyl (C=O) groups excluding carboxylic acids is 1. The Morgan fingerprint density at radius 2 is 2.00 bits per heavy atom. The number of hydrogen-bond donors (Lipinski definition) is 0. The molecule has 2 fully saturated rings. The summed E-state index contributed by atoms with van der Waals surface area (Å²) in [4.78, 5) is 16.0. The molecule has 2 aliphatic carbocycles. The van der Waals surface area contributed by atoms with E-state index < -0.39 is 5.60 Å². The smallest absolute Gasteiger partial charge is 0.310 e. The van der Waals surface area contributed by atoms with Crippen molar-refractivity contribution in [3.8, 4) is 0 Å². The molecule has 0 aromatic carbocycles. The van der Waals surface area contributed by atoms with Gasteiger partial charge >= 0.3 is 5.97 Å². The summed E-state index contributed by atoms with van der Waals surface area (Å²) in [5.74, 6) is -0.0936. The zero-order valence-electron chi connectivity index (χ0n) is 12.9. The van der Waals surface area contributed by atoms with Crippen molar-refractivity contribution in [2.45, 2.75) is 77.7 Å². The first-order chi connectivity index (χ1) is 9.36. The number of hydrogen-bond acceptors (Lipinski definition) is 2. The summed E-state index contributed by atoms with van der Waals surface area (Å²) in [6, 6.07) is 0. The Kier molecular flexibility index (Phi) is 4.33. The molecule has 0 N–H and O–H groups in total. The number of ether oxygens (including phenoxy) is 1. The lowest BCUT2D eigenvalue weighted by atomic mass is 9.59. The van der Waals surface area contributed by atoms with E-state index in [1.165, 1.54) is 0 Å². The highest BCUT2D eigenvalue weighted by molar-refractivity contribution is 5.82. The Hall–Kier alpha value is -1.15. The zero-order chi connectivity index (χ0) is 14.8. The molecule has 4 nitrogen and oxygen atoms in total. The lowest BCUT2D eigenvalue weighted by molar-refractivity contribution is -0.168. The van der Waals surface area contributed by atoms with Crippen molar-refractivity contribution in [2.75, 3.05) is 0 Å². The highest BCUT2D eigenvalue weighted by Gasteiger charge is 2.49. The molecule has 0 radical (unpaired) electrons. The van der Waals surface area contributed by atoms with Gasteiger partial charge in [0, 0.05) is 6.42 Å². The Bertz CT molecular complexity index is 428. The molecular weight excluding hydrogens is 252 g/mol. The normalized spacial score (nSPS) is 30.9. The summed E-state index contributed by atoms with van der Waals surface area (Å²) < 4.78 is 5.63. The summed E-state index contributed by atoms with van der Waals surface area (Å²) in [5, 5.41) is 0. The first kappa shape index (κ1) is 15.2. The lowest BCUT2D eigenvalue weighted by Crippen LogP contribution is -2.44. The van der Waals surface area contributed by atoms with E-state index >= 15 is 0 Å². The maximum atomic E-state index is 12.6. The van der Waals surface area contributed by atoms with E-state index in [2.05, 4.69) is 4.79 Å². The van der Waals surface area contributed by atoms with Gasteiger partial charge in [-0.05, 0) is 51.9 Å². The number of esters is 1. The third-order valence-corrected chi connectivity index (χ3v) is 4.69. The summed E-state index contributed by atoms with van der Waals surface area (Å²) in [6.45, 7) is 5.76. The van der Waals surface area contributed by atoms with Gasteiger partial charge in [0.1, 0.15) is 5.60 Å². The minimum absolute atomic E-state index is 0.0274. The van der Waals surface area contributed by atoms with E-state index in [-0.39, 0.29) is 17.3 Å². The standard InChI is InChI=1S/C16H26N2O2/c1-15(2,3)20-14(19)13-8-4-5-9-16(13)10-6-7-12(11-16)18-17/h13H,4-11H2,1-3H3. The second-order valence-electron chi connectivity index (χ2n) is 7.39. The maximum absolute atomic E-state index is 12.6. The summed E-state index contributed by atoms with van der Waals surface area (Å²) in [5.41, 5.74) is 9.48. The number of carbonyl (C=O) groups is 1. The van der Waals surface area contributed by atoms with E-state index in [4.69, 9.17) is 10.3 Å². The minimum atomic E-state index is -0.432. The van der Waals surface area contributed by atoms with Gasteiger partial charge in [0.15, 0.2) is 0 Å². The largest absolute Gasteiger partial charge is 0.460 e. The van der Waals surface area contributed by atoms with Crippen LogP contribution in [0.2, 0.25) is 0 Å². The van der Waals surface area contributed by atoms with Crippen LogP contribution >= 0.6 is 0 Å². The highest BCUT2D eigenvalue weighted by Crippen LogP contribution is 2.50. The molecule has 0 heterocycles. The van der Waals surface area contributed by atoms with Crippen molar-refractivity contribution in [1.82, 2.24) is 0 Å². The van der Waals surface area contributed by atoms with Crippen molar-refractivity contribution in [3.63, 3.8) is 0 Å². The molecule has 20 heavy (non-hydrogen) atoms. The van der Waals surface area contributed by atoms with E-state index in [0.29, 0.717) is 0 Å². The summed E-state index contributed by atoms with van der Waals surface area (Å²) >= 11 is 0. The average Bonchev–Trinajstić information content (AvgIpc) is 2.37. The fraction of sp³-hybridized carbons (Fsp3) is 0.875. The second-order valence-corrected chi connectivity index (χ2v) is 7.39. The van der Waals surface area contributed by atoms with Crippen molar-refractivity contribution in [1.29, 1.82) is 0 Å². The van der Waals surface area contributed by atoms with Crippen molar-refractivity contribution in [2.24, 2.45) is 11.3 Å². The molecule has 1 spiro atoms. The van der Waals surface area contributed by atoms with Crippen LogP contribution in [0.3, 0.4) is 0 Å². The van der Waals surface area contributed by atoms with Crippen LogP contribution in [0, 0.1) is 11.3 Å². The molecule has 2 rings (SSSR count). The van der Waals surface area contributed by atoms with Gasteiger partial charge in [-0.25, -0.2) is 0 Å². The molecule has 2 unspecified atom stereocenters. The van der Waals surface area contributed by atoms with Crippen LogP contribution in [0.4, 0.5) is 0 Å². The van der Waals surface area contributed by atoms with Gasteiger partial charge in [-0.2, -0.15) is 4.79 Å². The predicted octanol–water partition coefficient (Wildman–Crippen LogP) is 3.75. The van der Waals surface area contributed by atoms with Gasteiger partial charge in [0.2, 0.25) is 0 Å². The van der Waals surface area contributed by atoms with Gasteiger partial charge < -0.3 is 10.3 Å². The zero-order valence-corrected chi connectivity index (χ0v) is 12.9. The molecule has 0 bridgehead atoms. The fourth-order valence-corrected chi connectivity index (χ4v) is 3.87. The van der Waals surface area contributed by atoms with Gasteiger partial charge in [0.05, 0.1) is 12.3 Å².